The second kappa shape index (κ2) is 11.4. The second-order valence-electron chi connectivity index (χ2n) is 8.11. The van der Waals surface area contributed by atoms with E-state index < -0.39 is 0 Å². The molecule has 1 aromatic carbocycles. The lowest BCUT2D eigenvalue weighted by atomic mass is 10.0. The molecule has 2 rings (SSSR count). The molecule has 0 aliphatic carbocycles. The van der Waals surface area contributed by atoms with Crippen LogP contribution in [0.25, 0.3) is 0 Å². The minimum atomic E-state index is -0.334. The molecule has 0 fully saturated rings. The molecular formula is C22H37N3O4. The van der Waals surface area contributed by atoms with Crippen molar-refractivity contribution in [3.05, 3.63) is 23.8 Å². The van der Waals surface area contributed by atoms with Crippen molar-refractivity contribution in [3.8, 4) is 5.75 Å². The monoisotopic (exact) mass is 407 g/mol. The highest BCUT2D eigenvalue weighted by Gasteiger charge is 2.29. The van der Waals surface area contributed by atoms with Gasteiger partial charge in [-0.25, -0.2) is 0 Å². The van der Waals surface area contributed by atoms with Gasteiger partial charge in [0.05, 0.1) is 30.4 Å². The van der Waals surface area contributed by atoms with Crippen LogP contribution in [0.3, 0.4) is 0 Å². The van der Waals surface area contributed by atoms with Gasteiger partial charge in [0.15, 0.2) is 0 Å². The average molecular weight is 408 g/mol. The Bertz CT molecular complexity index is 655. The van der Waals surface area contributed by atoms with E-state index in [1.165, 1.54) is 0 Å². The van der Waals surface area contributed by atoms with Crippen LogP contribution in [0.5, 0.6) is 5.75 Å². The van der Waals surface area contributed by atoms with Crippen molar-refractivity contribution < 1.29 is 19.4 Å². The first kappa shape index (κ1) is 23.4. The number of nitrogens with zero attached hydrogens (tertiary/aromatic N) is 1. The van der Waals surface area contributed by atoms with Crippen molar-refractivity contribution in [1.29, 1.82) is 0 Å². The quantitative estimate of drug-likeness (QED) is 0.663. The minimum absolute atomic E-state index is 0.0156. The Morgan fingerprint density at radius 3 is 2.79 bits per heavy atom. The Hall–Kier alpha value is -1.83. The molecule has 0 saturated heterocycles. The van der Waals surface area contributed by atoms with E-state index in [9.17, 15) is 9.90 Å². The third-order valence-corrected chi connectivity index (χ3v) is 5.48. The molecule has 7 nitrogen and oxygen atoms in total. The zero-order valence-electron chi connectivity index (χ0n) is 18.2. The topological polar surface area (TPSA) is 97.0 Å². The van der Waals surface area contributed by atoms with Gasteiger partial charge in [-0.15, -0.1) is 0 Å². The summed E-state index contributed by atoms with van der Waals surface area (Å²) in [6, 6.07) is 4.85. The lowest BCUT2D eigenvalue weighted by Gasteiger charge is -2.34. The number of rotatable bonds is 4. The normalized spacial score (nSPS) is 25.6. The summed E-state index contributed by atoms with van der Waals surface area (Å²) in [5.74, 6) is 0.445. The summed E-state index contributed by atoms with van der Waals surface area (Å²) >= 11 is 0. The van der Waals surface area contributed by atoms with Crippen molar-refractivity contribution >= 4 is 11.6 Å². The second-order valence-corrected chi connectivity index (χ2v) is 8.11. The van der Waals surface area contributed by atoms with E-state index in [1.54, 1.807) is 23.1 Å². The number of benzene rings is 1. The molecular weight excluding hydrogens is 370 g/mol. The summed E-state index contributed by atoms with van der Waals surface area (Å²) in [6.45, 7) is 7.67. The zero-order valence-corrected chi connectivity index (χ0v) is 18.2. The third-order valence-electron chi connectivity index (χ3n) is 5.48. The molecule has 0 unspecified atom stereocenters. The van der Waals surface area contributed by atoms with E-state index in [4.69, 9.17) is 15.2 Å². The number of nitrogen functional groups attached to an aromatic ring is 1. The molecule has 29 heavy (non-hydrogen) atoms. The van der Waals surface area contributed by atoms with Crippen LogP contribution in [0.1, 0.15) is 50.4 Å². The van der Waals surface area contributed by atoms with Gasteiger partial charge in [-0.05, 0) is 58.4 Å². The number of hydrogen-bond donors (Lipinski definition) is 3. The number of hydrogen-bond acceptors (Lipinski definition) is 6. The fourth-order valence-corrected chi connectivity index (χ4v) is 3.63. The number of aliphatic hydroxyl groups is 1. The predicted octanol–water partition coefficient (Wildman–Crippen LogP) is 2.28. The van der Waals surface area contributed by atoms with E-state index in [0.29, 0.717) is 36.7 Å². The molecule has 0 aromatic heterocycles. The van der Waals surface area contributed by atoms with E-state index in [0.717, 1.165) is 19.3 Å². The summed E-state index contributed by atoms with van der Waals surface area (Å²) in [7, 11) is 1.90. The highest BCUT2D eigenvalue weighted by molar-refractivity contribution is 5.98. The highest BCUT2D eigenvalue weighted by Crippen LogP contribution is 2.27. The van der Waals surface area contributed by atoms with Gasteiger partial charge < -0.3 is 30.5 Å². The average Bonchev–Trinajstić information content (AvgIpc) is 2.70. The van der Waals surface area contributed by atoms with Crippen LogP contribution in [0.4, 0.5) is 5.69 Å². The van der Waals surface area contributed by atoms with Gasteiger partial charge in [0, 0.05) is 31.3 Å². The number of nitrogens with one attached hydrogen (secondary N) is 1. The molecule has 0 spiro atoms. The minimum Gasteiger partial charge on any atom is -0.490 e. The first-order valence-corrected chi connectivity index (χ1v) is 10.6. The van der Waals surface area contributed by atoms with Crippen LogP contribution in [0.15, 0.2) is 18.2 Å². The number of nitrogens with two attached hydrogens (primary N) is 1. The van der Waals surface area contributed by atoms with Crippen molar-refractivity contribution in [2.24, 2.45) is 5.92 Å². The number of anilines is 1. The van der Waals surface area contributed by atoms with Gasteiger partial charge >= 0.3 is 0 Å². The summed E-state index contributed by atoms with van der Waals surface area (Å²) in [4.78, 5) is 15.2. The Morgan fingerprint density at radius 1 is 1.34 bits per heavy atom. The molecule has 0 bridgehead atoms. The highest BCUT2D eigenvalue weighted by atomic mass is 16.5. The van der Waals surface area contributed by atoms with Crippen LogP contribution >= 0.6 is 0 Å². The molecule has 4 atom stereocenters. The Labute approximate surface area is 174 Å². The molecule has 1 amide bonds. The number of amides is 1. The smallest absolute Gasteiger partial charge is 0.258 e. The fraction of sp³-hybridized carbons (Fsp3) is 0.682. The molecule has 1 aromatic rings. The fourth-order valence-electron chi connectivity index (χ4n) is 3.63. The van der Waals surface area contributed by atoms with Gasteiger partial charge in [0.1, 0.15) is 5.75 Å². The Kier molecular flexibility index (Phi) is 9.20. The van der Waals surface area contributed by atoms with E-state index in [1.807, 2.05) is 20.9 Å². The predicted molar refractivity (Wildman–Crippen MR) is 115 cm³/mol. The lowest BCUT2D eigenvalue weighted by molar-refractivity contribution is -0.000449. The molecule has 7 heteroatoms. The van der Waals surface area contributed by atoms with Crippen LogP contribution in [-0.2, 0) is 4.74 Å². The van der Waals surface area contributed by atoms with E-state index in [2.05, 4.69) is 12.2 Å². The van der Waals surface area contributed by atoms with Crippen LogP contribution in [-0.4, -0.2) is 67.5 Å². The molecule has 1 aliphatic rings. The summed E-state index contributed by atoms with van der Waals surface area (Å²) in [5.41, 5.74) is 6.93. The maximum absolute atomic E-state index is 13.5. The van der Waals surface area contributed by atoms with Crippen LogP contribution in [0.2, 0.25) is 0 Å². The van der Waals surface area contributed by atoms with Gasteiger partial charge in [-0.1, -0.05) is 6.92 Å². The summed E-state index contributed by atoms with van der Waals surface area (Å²) in [5, 5.41) is 13.0. The summed E-state index contributed by atoms with van der Waals surface area (Å²) in [6.07, 6.45) is 2.80. The molecule has 1 heterocycles. The number of carbonyl (C=O) groups excluding carboxylic acids is 1. The largest absolute Gasteiger partial charge is 0.490 e. The van der Waals surface area contributed by atoms with Crippen LogP contribution < -0.4 is 15.8 Å². The lowest BCUT2D eigenvalue weighted by Crippen LogP contribution is -2.47. The van der Waals surface area contributed by atoms with Crippen molar-refractivity contribution in [3.63, 3.8) is 0 Å². The number of fused-ring (bicyclic) bond motifs is 1. The van der Waals surface area contributed by atoms with Gasteiger partial charge in [-0.2, -0.15) is 0 Å². The molecule has 164 valence electrons. The standard InChI is InChI=1S/C22H37N3O4/c1-15-13-25(16(2)14-26)22(27)19-11-18(23)8-9-20(19)29-17(3)7-5-6-10-28-21(15)12-24-4/h8-9,11,15-17,21,24,26H,5-7,10,12-14,23H2,1-4H3/t15-,16+,17-,21+/m1/s1. The van der Waals surface area contributed by atoms with Crippen molar-refractivity contribution in [2.75, 3.05) is 39.1 Å². The summed E-state index contributed by atoms with van der Waals surface area (Å²) < 4.78 is 12.2. The Balaban J connectivity index is 2.41. The maximum atomic E-state index is 13.5. The van der Waals surface area contributed by atoms with Crippen molar-refractivity contribution in [2.45, 2.75) is 58.3 Å². The Morgan fingerprint density at radius 2 is 2.10 bits per heavy atom. The molecule has 4 N–H and O–H groups in total. The van der Waals surface area contributed by atoms with Gasteiger partial charge in [0.2, 0.25) is 0 Å². The number of carbonyl (C=O) groups is 1. The number of aliphatic hydroxyl groups excluding tert-OH is 1. The van der Waals surface area contributed by atoms with Crippen molar-refractivity contribution in [1.82, 2.24) is 10.2 Å². The number of likely N-dealkylation sites (N-methyl/N-ethyl adjacent to an activating group) is 1. The third kappa shape index (κ3) is 6.59. The SMILES string of the molecule is CNC[C@@H]1OCCCC[C@@H](C)Oc2ccc(N)cc2C(=O)N([C@@H](C)CO)C[C@H]1C. The zero-order chi connectivity index (χ0) is 21.4. The first-order chi connectivity index (χ1) is 13.9. The van der Waals surface area contributed by atoms with Gasteiger partial charge in [0.25, 0.3) is 5.91 Å². The van der Waals surface area contributed by atoms with E-state index >= 15 is 0 Å². The molecule has 1 aliphatic heterocycles. The maximum Gasteiger partial charge on any atom is 0.258 e. The first-order valence-electron chi connectivity index (χ1n) is 10.6. The number of ether oxygens (including phenoxy) is 2. The van der Waals surface area contributed by atoms with Crippen LogP contribution in [0, 0.1) is 5.92 Å². The molecule has 0 saturated carbocycles. The van der Waals surface area contributed by atoms with E-state index in [-0.39, 0.29) is 36.7 Å². The van der Waals surface area contributed by atoms with Gasteiger partial charge in [-0.3, -0.25) is 4.79 Å². The molecule has 0 radical (unpaired) electrons.